The lowest BCUT2D eigenvalue weighted by Crippen LogP contribution is -2.05. The average molecular weight is 242 g/mol. The molecule has 0 heterocycles. The van der Waals surface area contributed by atoms with Crippen LogP contribution in [0.2, 0.25) is 0 Å². The van der Waals surface area contributed by atoms with Gasteiger partial charge in [-0.1, -0.05) is 28.1 Å². The number of hydrogen-bond acceptors (Lipinski definition) is 1. The van der Waals surface area contributed by atoms with Gasteiger partial charge in [-0.15, -0.1) is 0 Å². The molecule has 0 saturated carbocycles. The summed E-state index contributed by atoms with van der Waals surface area (Å²) in [6, 6.07) is 7.78. The Labute approximate surface area is 86.5 Å². The second-order valence-corrected chi connectivity index (χ2v) is 4.29. The Balaban J connectivity index is 2.75. The van der Waals surface area contributed by atoms with Gasteiger partial charge in [0.25, 0.3) is 0 Å². The number of anilines is 1. The van der Waals surface area contributed by atoms with Crippen molar-refractivity contribution in [2.45, 2.75) is 18.7 Å². The number of nitrogens with one attached hydrogen (secondary N) is 1. The van der Waals surface area contributed by atoms with Gasteiger partial charge in [0.2, 0.25) is 5.91 Å². The van der Waals surface area contributed by atoms with E-state index in [1.807, 2.05) is 24.3 Å². The monoisotopic (exact) mass is 241 g/mol. The molecule has 2 nitrogen and oxygen atoms in total. The number of alkyl halides is 1. The number of halogens is 1. The summed E-state index contributed by atoms with van der Waals surface area (Å²) < 4.78 is 0. The van der Waals surface area contributed by atoms with Crippen molar-refractivity contribution < 1.29 is 4.79 Å². The van der Waals surface area contributed by atoms with Gasteiger partial charge in [0.05, 0.1) is 0 Å². The van der Waals surface area contributed by atoms with Gasteiger partial charge >= 0.3 is 0 Å². The summed E-state index contributed by atoms with van der Waals surface area (Å²) in [5, 5.41) is 2.72. The third-order valence-corrected chi connectivity index (χ3v) is 2.22. The summed E-state index contributed by atoms with van der Waals surface area (Å²) in [4.78, 5) is 11.1. The molecule has 3 heteroatoms. The molecule has 0 aliphatic carbocycles. The number of carbonyl (C=O) groups excluding carboxylic acids is 1. The summed E-state index contributed by atoms with van der Waals surface area (Å²) >= 11 is 3.47. The Bertz CT molecular complexity index is 292. The van der Waals surface area contributed by atoms with Crippen LogP contribution in [0.4, 0.5) is 5.69 Å². The number of hydrogen-bond donors (Lipinski definition) is 1. The van der Waals surface area contributed by atoms with Crippen molar-refractivity contribution >= 4 is 27.5 Å². The van der Waals surface area contributed by atoms with E-state index in [0.29, 0.717) is 4.83 Å². The molecule has 1 aromatic carbocycles. The minimum absolute atomic E-state index is 0.0420. The molecule has 0 aromatic heterocycles. The zero-order valence-corrected chi connectivity index (χ0v) is 9.26. The van der Waals surface area contributed by atoms with E-state index < -0.39 is 0 Å². The predicted octanol–water partition coefficient (Wildman–Crippen LogP) is 3.10. The Morgan fingerprint density at radius 2 is 1.92 bits per heavy atom. The van der Waals surface area contributed by atoms with E-state index in [9.17, 15) is 4.79 Å². The zero-order chi connectivity index (χ0) is 9.84. The highest BCUT2D eigenvalue weighted by Gasteiger charge is 2.00. The molecular formula is C10H12BrNO. The Morgan fingerprint density at radius 3 is 2.31 bits per heavy atom. The highest BCUT2D eigenvalue weighted by atomic mass is 79.9. The minimum Gasteiger partial charge on any atom is -0.326 e. The van der Waals surface area contributed by atoms with Crippen LogP contribution in [0.15, 0.2) is 24.3 Å². The molecule has 13 heavy (non-hydrogen) atoms. The lowest BCUT2D eigenvalue weighted by Gasteiger charge is -2.05. The first-order valence-electron chi connectivity index (χ1n) is 4.11. The molecule has 0 fully saturated rings. The summed E-state index contributed by atoms with van der Waals surface area (Å²) in [7, 11) is 0. The van der Waals surface area contributed by atoms with E-state index in [1.165, 1.54) is 12.5 Å². The smallest absolute Gasteiger partial charge is 0.221 e. The second kappa shape index (κ2) is 4.42. The van der Waals surface area contributed by atoms with Crippen molar-refractivity contribution in [2.24, 2.45) is 0 Å². The van der Waals surface area contributed by atoms with Crippen molar-refractivity contribution in [1.82, 2.24) is 0 Å². The number of rotatable bonds is 2. The number of amides is 1. The molecule has 1 unspecified atom stereocenters. The standard InChI is InChI=1S/C10H12BrNO/c1-7(11)9-3-5-10(6-4-9)12-8(2)13/h3-7H,1-2H3,(H,12,13). The normalized spacial score (nSPS) is 12.2. The highest BCUT2D eigenvalue weighted by Crippen LogP contribution is 2.22. The van der Waals surface area contributed by atoms with Gasteiger partial charge in [-0.2, -0.15) is 0 Å². The van der Waals surface area contributed by atoms with Crippen LogP contribution in [0, 0.1) is 0 Å². The van der Waals surface area contributed by atoms with E-state index in [1.54, 1.807) is 0 Å². The lowest BCUT2D eigenvalue weighted by atomic mass is 10.1. The molecule has 0 radical (unpaired) electrons. The van der Waals surface area contributed by atoms with E-state index in [4.69, 9.17) is 0 Å². The second-order valence-electron chi connectivity index (χ2n) is 2.92. The van der Waals surface area contributed by atoms with Gasteiger partial charge in [-0.05, 0) is 24.6 Å². The molecule has 0 saturated heterocycles. The van der Waals surface area contributed by atoms with Crippen LogP contribution in [-0.4, -0.2) is 5.91 Å². The molecule has 1 rings (SSSR count). The summed E-state index contributed by atoms with van der Waals surface area (Å²) in [6.45, 7) is 3.56. The van der Waals surface area contributed by atoms with Gasteiger partial charge < -0.3 is 5.32 Å². The van der Waals surface area contributed by atoms with Crippen molar-refractivity contribution in [3.63, 3.8) is 0 Å². The van der Waals surface area contributed by atoms with Gasteiger partial charge in [0.15, 0.2) is 0 Å². The largest absolute Gasteiger partial charge is 0.326 e. The molecule has 1 aromatic rings. The molecule has 0 aliphatic rings. The summed E-state index contributed by atoms with van der Waals surface area (Å²) in [5.41, 5.74) is 2.04. The fourth-order valence-electron chi connectivity index (χ4n) is 1.03. The lowest BCUT2D eigenvalue weighted by molar-refractivity contribution is -0.114. The summed E-state index contributed by atoms with van der Waals surface area (Å²) in [6.07, 6.45) is 0. The third-order valence-electron chi connectivity index (χ3n) is 1.69. The van der Waals surface area contributed by atoms with Crippen LogP contribution in [0.25, 0.3) is 0 Å². The van der Waals surface area contributed by atoms with Crippen molar-refractivity contribution in [3.8, 4) is 0 Å². The fraction of sp³-hybridized carbons (Fsp3) is 0.300. The molecule has 1 atom stereocenters. The zero-order valence-electron chi connectivity index (χ0n) is 7.67. The van der Waals surface area contributed by atoms with Crippen molar-refractivity contribution in [3.05, 3.63) is 29.8 Å². The Hall–Kier alpha value is -0.830. The first-order valence-corrected chi connectivity index (χ1v) is 5.03. The van der Waals surface area contributed by atoms with Gasteiger partial charge in [0.1, 0.15) is 0 Å². The number of benzene rings is 1. The molecule has 0 bridgehead atoms. The average Bonchev–Trinajstić information content (AvgIpc) is 2.04. The summed E-state index contributed by atoms with van der Waals surface area (Å²) in [5.74, 6) is -0.0420. The van der Waals surface area contributed by atoms with E-state index >= 15 is 0 Å². The Morgan fingerprint density at radius 1 is 1.38 bits per heavy atom. The SMILES string of the molecule is CC(=O)Nc1ccc(C(C)Br)cc1. The molecule has 70 valence electrons. The molecule has 1 N–H and O–H groups in total. The van der Waals surface area contributed by atoms with E-state index in [-0.39, 0.29) is 5.91 Å². The van der Waals surface area contributed by atoms with Crippen LogP contribution in [0.3, 0.4) is 0 Å². The molecule has 0 aliphatic heterocycles. The van der Waals surface area contributed by atoms with E-state index in [2.05, 4.69) is 28.2 Å². The van der Waals surface area contributed by atoms with Crippen molar-refractivity contribution in [1.29, 1.82) is 0 Å². The maximum absolute atomic E-state index is 10.7. The fourth-order valence-corrected chi connectivity index (χ4v) is 1.34. The number of carbonyl (C=O) groups is 1. The van der Waals surface area contributed by atoms with Crippen LogP contribution in [0.5, 0.6) is 0 Å². The van der Waals surface area contributed by atoms with Crippen LogP contribution < -0.4 is 5.32 Å². The van der Waals surface area contributed by atoms with Gasteiger partial charge in [-0.3, -0.25) is 4.79 Å². The van der Waals surface area contributed by atoms with Crippen molar-refractivity contribution in [2.75, 3.05) is 5.32 Å². The maximum atomic E-state index is 10.7. The maximum Gasteiger partial charge on any atom is 0.221 e. The molecule has 0 spiro atoms. The molecule has 1 amide bonds. The van der Waals surface area contributed by atoms with Gasteiger partial charge in [0, 0.05) is 17.4 Å². The first kappa shape index (κ1) is 10.3. The quantitative estimate of drug-likeness (QED) is 0.793. The topological polar surface area (TPSA) is 29.1 Å². The highest BCUT2D eigenvalue weighted by molar-refractivity contribution is 9.09. The minimum atomic E-state index is -0.0420. The molecular weight excluding hydrogens is 230 g/mol. The van der Waals surface area contributed by atoms with Crippen LogP contribution >= 0.6 is 15.9 Å². The first-order chi connectivity index (χ1) is 6.09. The van der Waals surface area contributed by atoms with Crippen LogP contribution in [0.1, 0.15) is 24.2 Å². The Kier molecular flexibility index (Phi) is 3.48. The third kappa shape index (κ3) is 3.19. The van der Waals surface area contributed by atoms with Crippen LogP contribution in [-0.2, 0) is 4.79 Å². The predicted molar refractivity (Wildman–Crippen MR) is 58.1 cm³/mol. The van der Waals surface area contributed by atoms with Gasteiger partial charge in [-0.25, -0.2) is 0 Å². The van der Waals surface area contributed by atoms with E-state index in [0.717, 1.165) is 5.69 Å².